The molecule has 1 unspecified atom stereocenters. The fourth-order valence-electron chi connectivity index (χ4n) is 2.82. The zero-order chi connectivity index (χ0) is 15.9. The molecule has 1 aromatic rings. The number of piperidine rings is 1. The van der Waals surface area contributed by atoms with E-state index in [4.69, 9.17) is 4.74 Å². The van der Waals surface area contributed by atoms with Crippen molar-refractivity contribution in [3.8, 4) is 5.75 Å². The van der Waals surface area contributed by atoms with Gasteiger partial charge in [0.15, 0.2) is 0 Å². The van der Waals surface area contributed by atoms with E-state index in [1.54, 1.807) is 13.2 Å². The summed E-state index contributed by atoms with van der Waals surface area (Å²) >= 11 is 3.44. The number of benzene rings is 1. The quantitative estimate of drug-likeness (QED) is 0.814. The Morgan fingerprint density at radius 1 is 1.55 bits per heavy atom. The Morgan fingerprint density at radius 2 is 2.36 bits per heavy atom. The number of hydrogen-bond acceptors (Lipinski definition) is 3. The second-order valence-corrected chi connectivity index (χ2v) is 6.49. The lowest BCUT2D eigenvalue weighted by Crippen LogP contribution is -2.41. The van der Waals surface area contributed by atoms with Crippen LogP contribution in [0.25, 0.3) is 6.08 Å². The molecule has 22 heavy (non-hydrogen) atoms. The molecule has 1 amide bonds. The Kier molecular flexibility index (Phi) is 6.46. The molecule has 1 N–H and O–H groups in total. The Balaban J connectivity index is 2.03. The van der Waals surface area contributed by atoms with Crippen molar-refractivity contribution in [2.45, 2.75) is 12.8 Å². The minimum Gasteiger partial charge on any atom is -0.496 e. The second kappa shape index (κ2) is 8.34. The van der Waals surface area contributed by atoms with Crippen molar-refractivity contribution in [1.29, 1.82) is 0 Å². The van der Waals surface area contributed by atoms with Crippen molar-refractivity contribution in [2.75, 3.05) is 33.8 Å². The molecule has 1 aliphatic heterocycles. The molecule has 1 fully saturated rings. The van der Waals surface area contributed by atoms with Crippen LogP contribution in [0.15, 0.2) is 28.7 Å². The highest BCUT2D eigenvalue weighted by Crippen LogP contribution is 2.24. The van der Waals surface area contributed by atoms with Gasteiger partial charge in [-0.15, -0.1) is 0 Å². The molecule has 1 aliphatic rings. The zero-order valence-electron chi connectivity index (χ0n) is 13.1. The lowest BCUT2D eigenvalue weighted by molar-refractivity contribution is -0.127. The van der Waals surface area contributed by atoms with Crippen LogP contribution in [-0.4, -0.2) is 44.6 Å². The predicted molar refractivity (Wildman–Crippen MR) is 93.0 cm³/mol. The van der Waals surface area contributed by atoms with E-state index in [2.05, 4.69) is 21.2 Å². The van der Waals surface area contributed by atoms with Gasteiger partial charge >= 0.3 is 0 Å². The third-order valence-corrected chi connectivity index (χ3v) is 4.41. The number of nitrogens with one attached hydrogen (secondary N) is 1. The molecule has 0 spiro atoms. The third-order valence-electron chi connectivity index (χ3n) is 3.92. The van der Waals surface area contributed by atoms with Gasteiger partial charge in [0.1, 0.15) is 5.75 Å². The van der Waals surface area contributed by atoms with Gasteiger partial charge in [0.05, 0.1) is 7.11 Å². The number of halogens is 1. The first-order valence-corrected chi connectivity index (χ1v) is 8.38. The molecule has 5 heteroatoms. The van der Waals surface area contributed by atoms with Crippen LogP contribution in [-0.2, 0) is 4.79 Å². The average Bonchev–Trinajstić information content (AvgIpc) is 2.53. The second-order valence-electron chi connectivity index (χ2n) is 5.57. The summed E-state index contributed by atoms with van der Waals surface area (Å²) in [5.74, 6) is 1.39. The molecule has 1 heterocycles. The van der Waals surface area contributed by atoms with Crippen LogP contribution in [0, 0.1) is 5.92 Å². The Bertz CT molecular complexity index is 543. The molecule has 120 valence electrons. The molecule has 0 aliphatic carbocycles. The number of carbonyl (C=O) groups is 1. The number of methoxy groups -OCH3 is 1. The number of amides is 1. The smallest absolute Gasteiger partial charge is 0.246 e. The summed E-state index contributed by atoms with van der Waals surface area (Å²) in [4.78, 5) is 14.3. The minimum absolute atomic E-state index is 0.0721. The zero-order valence-corrected chi connectivity index (χ0v) is 14.7. The average molecular weight is 367 g/mol. The van der Waals surface area contributed by atoms with Gasteiger partial charge in [0, 0.05) is 29.2 Å². The Labute approximate surface area is 140 Å². The molecule has 1 atom stereocenters. The van der Waals surface area contributed by atoms with Crippen LogP contribution in [0.3, 0.4) is 0 Å². The highest BCUT2D eigenvalue weighted by Gasteiger charge is 2.21. The summed E-state index contributed by atoms with van der Waals surface area (Å²) in [5.41, 5.74) is 0.897. The maximum Gasteiger partial charge on any atom is 0.246 e. The fourth-order valence-corrected chi connectivity index (χ4v) is 3.20. The summed E-state index contributed by atoms with van der Waals surface area (Å²) in [6.45, 7) is 2.64. The third kappa shape index (κ3) is 4.58. The Morgan fingerprint density at radius 3 is 3.09 bits per heavy atom. The molecule has 1 saturated heterocycles. The lowest BCUT2D eigenvalue weighted by Gasteiger charge is -2.32. The van der Waals surface area contributed by atoms with Crippen molar-refractivity contribution in [2.24, 2.45) is 5.92 Å². The normalized spacial score (nSPS) is 18.7. The Hall–Kier alpha value is -1.33. The minimum atomic E-state index is 0.0721. The standard InChI is InChI=1S/C17H23BrN2O2/c1-19-11-13-4-3-9-20(12-13)17(21)8-5-14-10-15(18)6-7-16(14)22-2/h5-8,10,13,19H,3-4,9,11-12H2,1-2H3. The van der Waals surface area contributed by atoms with E-state index in [1.807, 2.05) is 36.2 Å². The van der Waals surface area contributed by atoms with Gasteiger partial charge in [-0.25, -0.2) is 0 Å². The molecule has 0 saturated carbocycles. The molecule has 0 bridgehead atoms. The summed E-state index contributed by atoms with van der Waals surface area (Å²) < 4.78 is 6.29. The van der Waals surface area contributed by atoms with E-state index < -0.39 is 0 Å². The van der Waals surface area contributed by atoms with E-state index in [9.17, 15) is 4.79 Å². The molecule has 1 aromatic carbocycles. The topological polar surface area (TPSA) is 41.6 Å². The van der Waals surface area contributed by atoms with E-state index in [0.717, 1.165) is 41.8 Å². The number of carbonyl (C=O) groups excluding carboxylic acids is 1. The van der Waals surface area contributed by atoms with Crippen molar-refractivity contribution >= 4 is 27.9 Å². The number of rotatable bonds is 5. The monoisotopic (exact) mass is 366 g/mol. The van der Waals surface area contributed by atoms with E-state index in [-0.39, 0.29) is 5.91 Å². The van der Waals surface area contributed by atoms with Gasteiger partial charge in [0.25, 0.3) is 0 Å². The molecular formula is C17H23BrN2O2. The lowest BCUT2D eigenvalue weighted by atomic mass is 9.98. The largest absolute Gasteiger partial charge is 0.496 e. The first-order valence-electron chi connectivity index (χ1n) is 7.59. The molecule has 0 aromatic heterocycles. The van der Waals surface area contributed by atoms with Crippen molar-refractivity contribution < 1.29 is 9.53 Å². The van der Waals surface area contributed by atoms with Crippen LogP contribution in [0.2, 0.25) is 0 Å². The van der Waals surface area contributed by atoms with Gasteiger partial charge in [-0.05, 0) is 56.6 Å². The molecule has 4 nitrogen and oxygen atoms in total. The first kappa shape index (κ1) is 17.0. The number of nitrogens with zero attached hydrogens (tertiary/aromatic N) is 1. The summed E-state index contributed by atoms with van der Waals surface area (Å²) in [5, 5.41) is 3.20. The van der Waals surface area contributed by atoms with Gasteiger partial charge < -0.3 is 15.0 Å². The predicted octanol–water partition coefficient (Wildman–Crippen LogP) is 2.93. The number of hydrogen-bond donors (Lipinski definition) is 1. The van der Waals surface area contributed by atoms with Gasteiger partial charge in [-0.2, -0.15) is 0 Å². The fraction of sp³-hybridized carbons (Fsp3) is 0.471. The van der Waals surface area contributed by atoms with Crippen molar-refractivity contribution in [3.05, 3.63) is 34.3 Å². The highest BCUT2D eigenvalue weighted by molar-refractivity contribution is 9.10. The van der Waals surface area contributed by atoms with Gasteiger partial charge in [-0.3, -0.25) is 4.79 Å². The maximum absolute atomic E-state index is 12.4. The van der Waals surface area contributed by atoms with E-state index in [0.29, 0.717) is 5.92 Å². The van der Waals surface area contributed by atoms with Crippen LogP contribution in [0.4, 0.5) is 0 Å². The molecular weight excluding hydrogens is 344 g/mol. The summed E-state index contributed by atoms with van der Waals surface area (Å²) in [7, 11) is 3.59. The van der Waals surface area contributed by atoms with Gasteiger partial charge in [-0.1, -0.05) is 15.9 Å². The summed E-state index contributed by atoms with van der Waals surface area (Å²) in [6, 6.07) is 5.76. The first-order chi connectivity index (χ1) is 10.6. The van der Waals surface area contributed by atoms with E-state index >= 15 is 0 Å². The van der Waals surface area contributed by atoms with Crippen molar-refractivity contribution in [1.82, 2.24) is 10.2 Å². The molecule has 2 rings (SSSR count). The highest BCUT2D eigenvalue weighted by atomic mass is 79.9. The van der Waals surface area contributed by atoms with E-state index in [1.165, 1.54) is 6.42 Å². The number of likely N-dealkylation sites (tertiary alicyclic amines) is 1. The summed E-state index contributed by atoms with van der Waals surface area (Å²) in [6.07, 6.45) is 5.74. The number of ether oxygens (including phenoxy) is 1. The van der Waals surface area contributed by atoms with Crippen LogP contribution >= 0.6 is 15.9 Å². The van der Waals surface area contributed by atoms with Crippen molar-refractivity contribution in [3.63, 3.8) is 0 Å². The van der Waals surface area contributed by atoms with Crippen LogP contribution in [0.5, 0.6) is 5.75 Å². The van der Waals surface area contributed by atoms with Crippen LogP contribution in [0.1, 0.15) is 18.4 Å². The van der Waals surface area contributed by atoms with Gasteiger partial charge in [0.2, 0.25) is 5.91 Å². The maximum atomic E-state index is 12.4. The molecule has 0 radical (unpaired) electrons. The van der Waals surface area contributed by atoms with Crippen LogP contribution < -0.4 is 10.1 Å². The SMILES string of the molecule is CNCC1CCCN(C(=O)C=Cc2cc(Br)ccc2OC)C1.